The van der Waals surface area contributed by atoms with Crippen LogP contribution in [0.5, 0.6) is 0 Å². The van der Waals surface area contributed by atoms with Crippen molar-refractivity contribution >= 4 is 17.3 Å². The molecule has 1 heterocycles. The van der Waals surface area contributed by atoms with Gasteiger partial charge in [-0.25, -0.2) is 0 Å². The molecule has 1 aliphatic rings. The molecule has 0 aromatic heterocycles. The van der Waals surface area contributed by atoms with E-state index in [0.717, 1.165) is 6.42 Å². The summed E-state index contributed by atoms with van der Waals surface area (Å²) < 4.78 is 0. The minimum atomic E-state index is -0.581. The number of para-hydroxylation sites is 1. The van der Waals surface area contributed by atoms with E-state index in [1.807, 2.05) is 0 Å². The Bertz CT molecular complexity index is 518. The van der Waals surface area contributed by atoms with E-state index in [9.17, 15) is 14.9 Å². The van der Waals surface area contributed by atoms with Gasteiger partial charge in [0.25, 0.3) is 5.91 Å². The van der Waals surface area contributed by atoms with E-state index in [4.69, 9.17) is 5.84 Å². The van der Waals surface area contributed by atoms with Crippen LogP contribution in [0.4, 0.5) is 11.4 Å². The van der Waals surface area contributed by atoms with Gasteiger partial charge >= 0.3 is 5.69 Å². The summed E-state index contributed by atoms with van der Waals surface area (Å²) in [4.78, 5) is 24.5. The van der Waals surface area contributed by atoms with Crippen LogP contribution in [0.15, 0.2) is 18.2 Å². The van der Waals surface area contributed by atoms with Crippen LogP contribution < -0.4 is 11.3 Å². The first kappa shape index (κ1) is 13.3. The predicted octanol–water partition coefficient (Wildman–Crippen LogP) is 1.36. The Morgan fingerprint density at radius 1 is 1.58 bits per heavy atom. The quantitative estimate of drug-likeness (QED) is 0.487. The number of nitrogen functional groups attached to an aromatic ring is 1. The lowest BCUT2D eigenvalue weighted by Crippen LogP contribution is -2.29. The van der Waals surface area contributed by atoms with Gasteiger partial charge in [0, 0.05) is 13.1 Å². The number of hydrazine groups is 1. The number of amides is 1. The highest BCUT2D eigenvalue weighted by Gasteiger charge is 2.30. The van der Waals surface area contributed by atoms with Gasteiger partial charge in [0.2, 0.25) is 0 Å². The Kier molecular flexibility index (Phi) is 3.66. The summed E-state index contributed by atoms with van der Waals surface area (Å²) in [5.74, 6) is 5.37. The molecule has 0 bridgehead atoms. The monoisotopic (exact) mass is 264 g/mol. The number of nitro groups is 1. The standard InChI is InChI=1S/C12H16N4O3/c1-8-5-6-15(7-8)12(17)9-3-2-4-10(14-13)11(9)16(18)19/h2-4,8,14H,5-7,13H2,1H3. The molecule has 19 heavy (non-hydrogen) atoms. The molecule has 0 aliphatic carbocycles. The summed E-state index contributed by atoms with van der Waals surface area (Å²) in [5, 5.41) is 11.1. The van der Waals surface area contributed by atoms with Gasteiger partial charge in [0.15, 0.2) is 0 Å². The molecule has 2 rings (SSSR count). The van der Waals surface area contributed by atoms with Crippen molar-refractivity contribution in [2.45, 2.75) is 13.3 Å². The van der Waals surface area contributed by atoms with Crippen LogP contribution in [0, 0.1) is 16.0 Å². The lowest BCUT2D eigenvalue weighted by molar-refractivity contribution is -0.384. The van der Waals surface area contributed by atoms with E-state index in [1.54, 1.807) is 11.0 Å². The maximum Gasteiger partial charge on any atom is 0.306 e. The number of hydrogen-bond donors (Lipinski definition) is 2. The molecular weight excluding hydrogens is 248 g/mol. The molecule has 7 heteroatoms. The first-order valence-corrected chi connectivity index (χ1v) is 6.08. The van der Waals surface area contributed by atoms with Crippen LogP contribution in [-0.4, -0.2) is 28.8 Å². The van der Waals surface area contributed by atoms with Crippen molar-refractivity contribution < 1.29 is 9.72 Å². The van der Waals surface area contributed by atoms with E-state index >= 15 is 0 Å². The Morgan fingerprint density at radius 3 is 2.84 bits per heavy atom. The number of benzene rings is 1. The Morgan fingerprint density at radius 2 is 2.32 bits per heavy atom. The number of carbonyl (C=O) groups is 1. The molecule has 0 saturated carbocycles. The van der Waals surface area contributed by atoms with E-state index in [-0.39, 0.29) is 22.8 Å². The Balaban J connectivity index is 2.39. The van der Waals surface area contributed by atoms with Crippen LogP contribution in [0.25, 0.3) is 0 Å². The molecule has 3 N–H and O–H groups in total. The molecule has 1 unspecified atom stereocenters. The zero-order chi connectivity index (χ0) is 14.0. The number of nitrogens with zero attached hydrogens (tertiary/aromatic N) is 2. The molecule has 1 saturated heterocycles. The van der Waals surface area contributed by atoms with Crippen molar-refractivity contribution in [2.75, 3.05) is 18.5 Å². The van der Waals surface area contributed by atoms with Crippen molar-refractivity contribution in [3.63, 3.8) is 0 Å². The minimum absolute atomic E-state index is 0.0783. The maximum absolute atomic E-state index is 12.3. The normalized spacial score (nSPS) is 18.4. The van der Waals surface area contributed by atoms with Crippen LogP contribution in [0.1, 0.15) is 23.7 Å². The second-order valence-corrected chi connectivity index (χ2v) is 4.75. The van der Waals surface area contributed by atoms with Crippen LogP contribution in [-0.2, 0) is 0 Å². The van der Waals surface area contributed by atoms with E-state index in [0.29, 0.717) is 19.0 Å². The third kappa shape index (κ3) is 2.50. The summed E-state index contributed by atoms with van der Waals surface area (Å²) in [7, 11) is 0. The highest BCUT2D eigenvalue weighted by Crippen LogP contribution is 2.30. The van der Waals surface area contributed by atoms with Gasteiger partial charge < -0.3 is 10.3 Å². The summed E-state index contributed by atoms with van der Waals surface area (Å²) in [6.07, 6.45) is 0.925. The zero-order valence-electron chi connectivity index (χ0n) is 10.6. The fourth-order valence-corrected chi connectivity index (χ4v) is 2.32. The minimum Gasteiger partial charge on any atom is -0.338 e. The average Bonchev–Trinajstić information content (AvgIpc) is 2.83. The summed E-state index contributed by atoms with van der Waals surface area (Å²) in [6.45, 7) is 3.33. The van der Waals surface area contributed by atoms with Crippen LogP contribution in [0.2, 0.25) is 0 Å². The summed E-state index contributed by atoms with van der Waals surface area (Å²) in [6, 6.07) is 4.51. The van der Waals surface area contributed by atoms with E-state index in [2.05, 4.69) is 12.3 Å². The number of nitro benzene ring substituents is 1. The molecule has 0 radical (unpaired) electrons. The SMILES string of the molecule is CC1CCN(C(=O)c2cccc(NN)c2[N+](=O)[O-])C1. The molecule has 1 aromatic carbocycles. The van der Waals surface area contributed by atoms with Gasteiger partial charge in [0.1, 0.15) is 11.3 Å². The third-order valence-corrected chi connectivity index (χ3v) is 3.32. The molecule has 1 amide bonds. The van der Waals surface area contributed by atoms with Crippen molar-refractivity contribution in [1.82, 2.24) is 4.90 Å². The molecule has 1 aromatic rings. The molecule has 0 spiro atoms. The van der Waals surface area contributed by atoms with Gasteiger partial charge in [-0.1, -0.05) is 13.0 Å². The lowest BCUT2D eigenvalue weighted by atomic mass is 10.1. The largest absolute Gasteiger partial charge is 0.338 e. The third-order valence-electron chi connectivity index (χ3n) is 3.32. The second kappa shape index (κ2) is 5.23. The first-order chi connectivity index (χ1) is 9.04. The molecule has 1 atom stereocenters. The second-order valence-electron chi connectivity index (χ2n) is 4.75. The number of anilines is 1. The topological polar surface area (TPSA) is 102 Å². The molecule has 1 fully saturated rings. The van der Waals surface area contributed by atoms with Gasteiger partial charge in [-0.05, 0) is 24.5 Å². The van der Waals surface area contributed by atoms with E-state index < -0.39 is 4.92 Å². The van der Waals surface area contributed by atoms with Crippen molar-refractivity contribution in [3.05, 3.63) is 33.9 Å². The number of carbonyl (C=O) groups excluding carboxylic acids is 1. The number of nitrogens with two attached hydrogens (primary N) is 1. The molecular formula is C12H16N4O3. The molecule has 1 aliphatic heterocycles. The average molecular weight is 264 g/mol. The van der Waals surface area contributed by atoms with Crippen LogP contribution >= 0.6 is 0 Å². The lowest BCUT2D eigenvalue weighted by Gasteiger charge is -2.16. The highest BCUT2D eigenvalue weighted by atomic mass is 16.6. The fourth-order valence-electron chi connectivity index (χ4n) is 2.32. The maximum atomic E-state index is 12.3. The van der Waals surface area contributed by atoms with Gasteiger partial charge in [-0.2, -0.15) is 0 Å². The smallest absolute Gasteiger partial charge is 0.306 e. The first-order valence-electron chi connectivity index (χ1n) is 6.08. The van der Waals surface area contributed by atoms with Gasteiger partial charge in [0.05, 0.1) is 4.92 Å². The number of rotatable bonds is 3. The number of hydrogen-bond acceptors (Lipinski definition) is 5. The predicted molar refractivity (Wildman–Crippen MR) is 70.6 cm³/mol. The van der Waals surface area contributed by atoms with Crippen molar-refractivity contribution in [2.24, 2.45) is 11.8 Å². The molecule has 7 nitrogen and oxygen atoms in total. The van der Waals surface area contributed by atoms with Crippen LogP contribution in [0.3, 0.4) is 0 Å². The fraction of sp³-hybridized carbons (Fsp3) is 0.417. The zero-order valence-corrected chi connectivity index (χ0v) is 10.6. The van der Waals surface area contributed by atoms with Gasteiger partial charge in [-0.15, -0.1) is 0 Å². The van der Waals surface area contributed by atoms with E-state index in [1.165, 1.54) is 12.1 Å². The number of nitrogens with one attached hydrogen (secondary N) is 1. The van der Waals surface area contributed by atoms with Crippen molar-refractivity contribution in [3.8, 4) is 0 Å². The summed E-state index contributed by atoms with van der Waals surface area (Å²) in [5.41, 5.74) is 2.21. The highest BCUT2D eigenvalue weighted by molar-refractivity contribution is 6.00. The van der Waals surface area contributed by atoms with Gasteiger partial charge in [-0.3, -0.25) is 20.8 Å². The summed E-state index contributed by atoms with van der Waals surface area (Å²) >= 11 is 0. The number of likely N-dealkylation sites (tertiary alicyclic amines) is 1. The molecule has 102 valence electrons. The Labute approximate surface area is 110 Å². The Hall–Kier alpha value is -2.15. The van der Waals surface area contributed by atoms with Crippen molar-refractivity contribution in [1.29, 1.82) is 0 Å².